The Kier molecular flexibility index (Phi) is 5.23. The molecule has 26 heavy (non-hydrogen) atoms. The maximum absolute atomic E-state index is 13.7. The predicted octanol–water partition coefficient (Wildman–Crippen LogP) is 2.14. The molecule has 5 rings (SSSR count). The van der Waals surface area contributed by atoms with Gasteiger partial charge in [0.1, 0.15) is 11.6 Å². The van der Waals surface area contributed by atoms with Gasteiger partial charge in [0, 0.05) is 51.3 Å². The zero-order valence-electron chi connectivity index (χ0n) is 15.2. The maximum Gasteiger partial charge on any atom is 0.222 e. The number of nitrogens with zero attached hydrogens (tertiary/aromatic N) is 3. The number of hydrogen-bond acceptors (Lipinski definition) is 3. The normalized spacial score (nSPS) is 29.2. The van der Waals surface area contributed by atoms with E-state index in [1.54, 1.807) is 0 Å². The van der Waals surface area contributed by atoms with Crippen molar-refractivity contribution < 1.29 is 13.6 Å². The van der Waals surface area contributed by atoms with Gasteiger partial charge in [-0.3, -0.25) is 9.69 Å². The number of benzene rings is 1. The van der Waals surface area contributed by atoms with E-state index in [-0.39, 0.29) is 12.3 Å². The minimum atomic E-state index is -0.582. The zero-order valence-corrected chi connectivity index (χ0v) is 15.2. The summed E-state index contributed by atoms with van der Waals surface area (Å²) < 4.78 is 26.7. The molecule has 0 unspecified atom stereocenters. The lowest BCUT2D eigenvalue weighted by Gasteiger charge is -2.51. The summed E-state index contributed by atoms with van der Waals surface area (Å²) in [6.07, 6.45) is 3.23. The lowest BCUT2D eigenvalue weighted by Crippen LogP contribution is -2.61. The number of halogens is 2. The Morgan fingerprint density at radius 1 is 1.04 bits per heavy atom. The molecule has 4 saturated heterocycles. The average molecular weight is 363 g/mol. The summed E-state index contributed by atoms with van der Waals surface area (Å²) in [5.41, 5.74) is 0.408. The van der Waals surface area contributed by atoms with E-state index in [4.69, 9.17) is 0 Å². The Morgan fingerprint density at radius 3 is 2.38 bits per heavy atom. The van der Waals surface area contributed by atoms with Crippen LogP contribution in [0.4, 0.5) is 8.78 Å². The van der Waals surface area contributed by atoms with Crippen molar-refractivity contribution in [2.24, 2.45) is 5.92 Å². The van der Waals surface area contributed by atoms with E-state index in [9.17, 15) is 13.6 Å². The predicted molar refractivity (Wildman–Crippen MR) is 95.8 cm³/mol. The summed E-state index contributed by atoms with van der Waals surface area (Å²) in [6.45, 7) is 7.07. The Bertz CT molecular complexity index is 652. The Morgan fingerprint density at radius 2 is 1.77 bits per heavy atom. The van der Waals surface area contributed by atoms with E-state index in [1.807, 2.05) is 4.90 Å². The van der Waals surface area contributed by atoms with Gasteiger partial charge in [-0.05, 0) is 49.9 Å². The van der Waals surface area contributed by atoms with Crippen LogP contribution in [0, 0.1) is 17.6 Å². The molecule has 0 N–H and O–H groups in total. The highest BCUT2D eigenvalue weighted by atomic mass is 19.1. The fraction of sp³-hybridized carbons (Fsp3) is 0.650. The maximum atomic E-state index is 13.7. The molecule has 4 nitrogen and oxygen atoms in total. The topological polar surface area (TPSA) is 26.8 Å². The molecule has 4 aliphatic rings. The molecule has 6 heteroatoms. The quantitative estimate of drug-likeness (QED) is 0.820. The van der Waals surface area contributed by atoms with E-state index in [1.165, 1.54) is 44.6 Å². The molecule has 142 valence electrons. The number of piperazine rings is 1. The van der Waals surface area contributed by atoms with Gasteiger partial charge in [0.25, 0.3) is 0 Å². The average Bonchev–Trinajstić information content (AvgIpc) is 2.68. The monoisotopic (exact) mass is 363 g/mol. The van der Waals surface area contributed by atoms with Crippen LogP contribution in [-0.2, 0) is 11.2 Å². The number of rotatable bonds is 4. The molecule has 4 heterocycles. The summed E-state index contributed by atoms with van der Waals surface area (Å²) in [7, 11) is 0. The molecule has 0 radical (unpaired) electrons. The van der Waals surface area contributed by atoms with Gasteiger partial charge in [-0.25, -0.2) is 8.78 Å². The first-order valence-corrected chi connectivity index (χ1v) is 9.78. The molecule has 0 aromatic heterocycles. The van der Waals surface area contributed by atoms with Crippen molar-refractivity contribution in [3.63, 3.8) is 0 Å². The number of hydrogen-bond donors (Lipinski definition) is 0. The molecule has 0 saturated carbocycles. The van der Waals surface area contributed by atoms with Gasteiger partial charge >= 0.3 is 0 Å². The molecule has 0 aliphatic carbocycles. The third kappa shape index (κ3) is 3.76. The number of piperidine rings is 3. The third-order valence-electron chi connectivity index (χ3n) is 6.38. The van der Waals surface area contributed by atoms with E-state index in [0.717, 1.165) is 38.2 Å². The highest BCUT2D eigenvalue weighted by Crippen LogP contribution is 2.31. The van der Waals surface area contributed by atoms with Gasteiger partial charge in [0.15, 0.2) is 0 Å². The van der Waals surface area contributed by atoms with Crippen molar-refractivity contribution in [3.8, 4) is 0 Å². The van der Waals surface area contributed by atoms with Gasteiger partial charge in [0.2, 0.25) is 5.91 Å². The second kappa shape index (κ2) is 7.61. The molecule has 0 spiro atoms. The highest BCUT2D eigenvalue weighted by Gasteiger charge is 2.38. The summed E-state index contributed by atoms with van der Waals surface area (Å²) in [5.74, 6) is -0.252. The minimum absolute atomic E-state index is 0.0716. The van der Waals surface area contributed by atoms with Crippen molar-refractivity contribution in [3.05, 3.63) is 35.4 Å². The highest BCUT2D eigenvalue weighted by molar-refractivity contribution is 5.76. The molecule has 1 aromatic rings. The second-order valence-corrected chi connectivity index (χ2v) is 7.86. The van der Waals surface area contributed by atoms with Crippen molar-refractivity contribution in [1.82, 2.24) is 14.7 Å². The van der Waals surface area contributed by atoms with Crippen molar-refractivity contribution in [2.45, 2.75) is 31.7 Å². The third-order valence-corrected chi connectivity index (χ3v) is 6.38. The number of carbonyl (C=O) groups excluding carboxylic acids is 1. The Labute approximate surface area is 153 Å². The first-order chi connectivity index (χ1) is 12.6. The molecule has 4 fully saturated rings. The van der Waals surface area contributed by atoms with Crippen molar-refractivity contribution >= 4 is 5.91 Å². The van der Waals surface area contributed by atoms with Crippen LogP contribution < -0.4 is 0 Å². The number of carbonyl (C=O) groups is 1. The number of amides is 1. The fourth-order valence-corrected chi connectivity index (χ4v) is 4.77. The minimum Gasteiger partial charge on any atom is -0.340 e. The van der Waals surface area contributed by atoms with E-state index in [0.29, 0.717) is 18.0 Å². The lowest BCUT2D eigenvalue weighted by molar-refractivity contribution is -0.134. The first-order valence-electron chi connectivity index (χ1n) is 9.78. The van der Waals surface area contributed by atoms with Crippen molar-refractivity contribution in [1.29, 1.82) is 0 Å². The van der Waals surface area contributed by atoms with Crippen LogP contribution in [0.15, 0.2) is 18.2 Å². The van der Waals surface area contributed by atoms with Crippen LogP contribution >= 0.6 is 0 Å². The standard InChI is InChI=1S/C20H27F2N3O/c21-17-3-1-15(18(22)13-17)2-4-20(26)25-11-9-24(10-12-25)19-14-23-7-5-16(19)6-8-23/h1,3,13,16,19H,2,4-12,14H2/t19-/m1/s1. The van der Waals surface area contributed by atoms with Crippen molar-refractivity contribution in [2.75, 3.05) is 45.8 Å². The smallest absolute Gasteiger partial charge is 0.222 e. The molecular weight excluding hydrogens is 336 g/mol. The van der Waals surface area contributed by atoms with Crippen LogP contribution in [0.5, 0.6) is 0 Å². The summed E-state index contributed by atoms with van der Waals surface area (Å²) >= 11 is 0. The molecule has 1 amide bonds. The fourth-order valence-electron chi connectivity index (χ4n) is 4.77. The molecule has 1 atom stereocenters. The Hall–Kier alpha value is -1.53. The van der Waals surface area contributed by atoms with Crippen LogP contribution in [0.1, 0.15) is 24.8 Å². The van der Waals surface area contributed by atoms with Gasteiger partial charge in [-0.1, -0.05) is 6.07 Å². The lowest BCUT2D eigenvalue weighted by atomic mass is 9.83. The second-order valence-electron chi connectivity index (χ2n) is 7.86. The molecular formula is C20H27F2N3O. The number of fused-ring (bicyclic) bond motifs is 3. The SMILES string of the molecule is O=C(CCc1ccc(F)cc1F)N1CCN([C@@H]2CN3CCC2CC3)CC1. The summed E-state index contributed by atoms with van der Waals surface area (Å²) in [5, 5.41) is 0. The van der Waals surface area contributed by atoms with Gasteiger partial charge in [0.05, 0.1) is 0 Å². The summed E-state index contributed by atoms with van der Waals surface area (Å²) in [6, 6.07) is 4.22. The van der Waals surface area contributed by atoms with E-state index in [2.05, 4.69) is 9.80 Å². The van der Waals surface area contributed by atoms with Crippen LogP contribution in [-0.4, -0.2) is 72.5 Å². The van der Waals surface area contributed by atoms with Crippen LogP contribution in [0.3, 0.4) is 0 Å². The molecule has 2 bridgehead atoms. The molecule has 1 aromatic carbocycles. The van der Waals surface area contributed by atoms with E-state index < -0.39 is 11.6 Å². The first kappa shape index (κ1) is 17.9. The number of aryl methyl sites for hydroxylation is 1. The van der Waals surface area contributed by atoms with Gasteiger partial charge < -0.3 is 9.80 Å². The van der Waals surface area contributed by atoms with E-state index >= 15 is 0 Å². The zero-order chi connectivity index (χ0) is 18.1. The summed E-state index contributed by atoms with van der Waals surface area (Å²) in [4.78, 5) is 19.5. The largest absolute Gasteiger partial charge is 0.340 e. The van der Waals surface area contributed by atoms with Crippen LogP contribution in [0.25, 0.3) is 0 Å². The van der Waals surface area contributed by atoms with Gasteiger partial charge in [-0.15, -0.1) is 0 Å². The Balaban J connectivity index is 1.26. The van der Waals surface area contributed by atoms with Gasteiger partial charge in [-0.2, -0.15) is 0 Å². The molecule has 4 aliphatic heterocycles. The van der Waals surface area contributed by atoms with Crippen LogP contribution in [0.2, 0.25) is 0 Å².